The second-order valence-corrected chi connectivity index (χ2v) is 6.41. The van der Waals surface area contributed by atoms with Gasteiger partial charge in [0.05, 0.1) is 0 Å². The lowest BCUT2D eigenvalue weighted by Crippen LogP contribution is -2.17. The van der Waals surface area contributed by atoms with Crippen molar-refractivity contribution < 1.29 is 15.3 Å². The molecule has 0 aromatic carbocycles. The van der Waals surface area contributed by atoms with E-state index in [4.69, 9.17) is 5.11 Å². The van der Waals surface area contributed by atoms with Gasteiger partial charge in [0.1, 0.15) is 0 Å². The summed E-state index contributed by atoms with van der Waals surface area (Å²) in [5.74, 6) is 1.29. The Kier molecular flexibility index (Phi) is 9.64. The highest BCUT2D eigenvalue weighted by molar-refractivity contribution is 5.20. The highest BCUT2D eigenvalue weighted by Crippen LogP contribution is 2.31. The third-order valence-corrected chi connectivity index (χ3v) is 4.50. The fraction of sp³-hybridized carbons (Fsp3) is 0.778. The number of aliphatic hydroxyl groups excluding tert-OH is 3. The first-order chi connectivity index (χ1) is 10.2. The predicted octanol–water partition coefficient (Wildman–Crippen LogP) is 3.06. The van der Waals surface area contributed by atoms with Crippen LogP contribution in [0.5, 0.6) is 0 Å². The molecule has 0 saturated heterocycles. The Labute approximate surface area is 129 Å². The Bertz CT molecular complexity index is 322. The average Bonchev–Trinajstić information content (AvgIpc) is 2.51. The molecule has 0 heterocycles. The molecule has 0 fully saturated rings. The molecule has 0 radical (unpaired) electrons. The standard InChI is InChI=1S/C18H32O3/c1-15(12-16(14-21)6-5-10-19)13-18(9-11-20)17-7-3-2-4-8-17/h2-3,7,15-16,18-21H,4-6,8-14H2,1H3. The van der Waals surface area contributed by atoms with Gasteiger partial charge in [-0.15, -0.1) is 0 Å². The van der Waals surface area contributed by atoms with Gasteiger partial charge in [-0.3, -0.25) is 0 Å². The minimum atomic E-state index is 0.206. The highest BCUT2D eigenvalue weighted by Gasteiger charge is 2.20. The quantitative estimate of drug-likeness (QED) is 0.549. The topological polar surface area (TPSA) is 60.7 Å². The molecule has 3 heteroatoms. The van der Waals surface area contributed by atoms with Gasteiger partial charge in [0.25, 0.3) is 0 Å². The third kappa shape index (κ3) is 7.25. The van der Waals surface area contributed by atoms with Gasteiger partial charge in [0.2, 0.25) is 0 Å². The van der Waals surface area contributed by atoms with Crippen LogP contribution in [-0.4, -0.2) is 35.1 Å². The van der Waals surface area contributed by atoms with Crippen LogP contribution in [0.2, 0.25) is 0 Å². The van der Waals surface area contributed by atoms with Crippen molar-refractivity contribution in [2.75, 3.05) is 19.8 Å². The van der Waals surface area contributed by atoms with E-state index in [1.165, 1.54) is 5.57 Å². The zero-order valence-corrected chi connectivity index (χ0v) is 13.4. The summed E-state index contributed by atoms with van der Waals surface area (Å²) in [7, 11) is 0. The van der Waals surface area contributed by atoms with E-state index in [2.05, 4.69) is 25.2 Å². The van der Waals surface area contributed by atoms with E-state index in [-0.39, 0.29) is 19.8 Å². The van der Waals surface area contributed by atoms with Crippen LogP contribution in [0, 0.1) is 17.8 Å². The maximum Gasteiger partial charge on any atom is 0.0459 e. The van der Waals surface area contributed by atoms with Gasteiger partial charge in [-0.25, -0.2) is 0 Å². The van der Waals surface area contributed by atoms with E-state index < -0.39 is 0 Å². The molecule has 0 bridgehead atoms. The molecule has 122 valence electrons. The normalized spacial score (nSPS) is 19.1. The minimum Gasteiger partial charge on any atom is -0.396 e. The predicted molar refractivity (Wildman–Crippen MR) is 86.9 cm³/mol. The molecule has 3 nitrogen and oxygen atoms in total. The lowest BCUT2D eigenvalue weighted by molar-refractivity contribution is 0.172. The summed E-state index contributed by atoms with van der Waals surface area (Å²) in [6, 6.07) is 0. The van der Waals surface area contributed by atoms with E-state index in [1.54, 1.807) is 0 Å². The van der Waals surface area contributed by atoms with Crippen molar-refractivity contribution in [2.45, 2.75) is 51.9 Å². The van der Waals surface area contributed by atoms with E-state index in [0.29, 0.717) is 17.8 Å². The highest BCUT2D eigenvalue weighted by atomic mass is 16.3. The molecule has 1 rings (SSSR count). The molecule has 3 unspecified atom stereocenters. The molecule has 1 aliphatic carbocycles. The molecule has 0 spiro atoms. The van der Waals surface area contributed by atoms with Crippen LogP contribution in [-0.2, 0) is 0 Å². The maximum atomic E-state index is 9.45. The van der Waals surface area contributed by atoms with Crippen molar-refractivity contribution in [3.8, 4) is 0 Å². The zero-order chi connectivity index (χ0) is 15.5. The minimum absolute atomic E-state index is 0.206. The van der Waals surface area contributed by atoms with Crippen LogP contribution in [0.1, 0.15) is 51.9 Å². The van der Waals surface area contributed by atoms with Crippen molar-refractivity contribution in [2.24, 2.45) is 17.8 Å². The Morgan fingerprint density at radius 2 is 1.90 bits per heavy atom. The molecule has 0 aliphatic heterocycles. The Morgan fingerprint density at radius 3 is 2.48 bits per heavy atom. The largest absolute Gasteiger partial charge is 0.396 e. The number of rotatable bonds is 11. The monoisotopic (exact) mass is 296 g/mol. The van der Waals surface area contributed by atoms with Crippen LogP contribution in [0.25, 0.3) is 0 Å². The second kappa shape index (κ2) is 11.0. The molecule has 0 aromatic heterocycles. The summed E-state index contributed by atoms with van der Waals surface area (Å²) in [6.45, 7) is 2.90. The fourth-order valence-electron chi connectivity index (χ4n) is 3.39. The molecule has 3 N–H and O–H groups in total. The molecule has 3 atom stereocenters. The van der Waals surface area contributed by atoms with Crippen molar-refractivity contribution in [3.63, 3.8) is 0 Å². The third-order valence-electron chi connectivity index (χ3n) is 4.50. The van der Waals surface area contributed by atoms with Crippen molar-refractivity contribution >= 4 is 0 Å². The summed E-state index contributed by atoms with van der Waals surface area (Å²) < 4.78 is 0. The number of hydrogen-bond donors (Lipinski definition) is 3. The number of allylic oxidation sites excluding steroid dienone is 4. The van der Waals surface area contributed by atoms with Crippen LogP contribution >= 0.6 is 0 Å². The first kappa shape index (κ1) is 18.4. The summed E-state index contributed by atoms with van der Waals surface area (Å²) >= 11 is 0. The first-order valence-electron chi connectivity index (χ1n) is 8.39. The van der Waals surface area contributed by atoms with Gasteiger partial charge in [-0.1, -0.05) is 30.7 Å². The van der Waals surface area contributed by atoms with Crippen LogP contribution in [0.3, 0.4) is 0 Å². The van der Waals surface area contributed by atoms with Crippen LogP contribution in [0.4, 0.5) is 0 Å². The molecule has 1 aliphatic rings. The molecule has 0 amide bonds. The van der Waals surface area contributed by atoms with E-state index in [1.807, 2.05) is 0 Å². The van der Waals surface area contributed by atoms with Gasteiger partial charge < -0.3 is 15.3 Å². The first-order valence-corrected chi connectivity index (χ1v) is 8.39. The second-order valence-electron chi connectivity index (χ2n) is 6.41. The van der Waals surface area contributed by atoms with Gasteiger partial charge in [-0.2, -0.15) is 0 Å². The summed E-state index contributed by atoms with van der Waals surface area (Å²) in [5.41, 5.74) is 1.47. The molecule has 0 aromatic rings. The van der Waals surface area contributed by atoms with Gasteiger partial charge >= 0.3 is 0 Å². The zero-order valence-electron chi connectivity index (χ0n) is 13.4. The number of hydrogen-bond acceptors (Lipinski definition) is 3. The van der Waals surface area contributed by atoms with E-state index in [9.17, 15) is 10.2 Å². The maximum absolute atomic E-state index is 9.45. The smallest absolute Gasteiger partial charge is 0.0459 e. The van der Waals surface area contributed by atoms with Gasteiger partial charge in [0.15, 0.2) is 0 Å². The lowest BCUT2D eigenvalue weighted by Gasteiger charge is -2.26. The Hall–Kier alpha value is -0.640. The van der Waals surface area contributed by atoms with Gasteiger partial charge in [0, 0.05) is 19.8 Å². The Balaban J connectivity index is 2.49. The lowest BCUT2D eigenvalue weighted by atomic mass is 9.80. The SMILES string of the molecule is CC(CC(CO)CCCO)CC(CCO)C1=CC=CCC1. The molecule has 21 heavy (non-hydrogen) atoms. The van der Waals surface area contributed by atoms with Crippen molar-refractivity contribution in [1.82, 2.24) is 0 Å². The number of aliphatic hydroxyl groups is 3. The van der Waals surface area contributed by atoms with Crippen LogP contribution < -0.4 is 0 Å². The van der Waals surface area contributed by atoms with E-state index >= 15 is 0 Å². The fourth-order valence-corrected chi connectivity index (χ4v) is 3.39. The Morgan fingerprint density at radius 1 is 1.10 bits per heavy atom. The van der Waals surface area contributed by atoms with Crippen molar-refractivity contribution in [3.05, 3.63) is 23.8 Å². The molecular formula is C18H32O3. The summed E-state index contributed by atoms with van der Waals surface area (Å²) in [6.07, 6.45) is 13.3. The average molecular weight is 296 g/mol. The van der Waals surface area contributed by atoms with E-state index in [0.717, 1.165) is 44.9 Å². The van der Waals surface area contributed by atoms with Crippen LogP contribution in [0.15, 0.2) is 23.8 Å². The molecule has 0 saturated carbocycles. The summed E-state index contributed by atoms with van der Waals surface area (Å²) in [4.78, 5) is 0. The summed E-state index contributed by atoms with van der Waals surface area (Å²) in [5, 5.41) is 27.7. The molecular weight excluding hydrogens is 264 g/mol. The van der Waals surface area contributed by atoms with Gasteiger partial charge in [-0.05, 0) is 62.7 Å². The van der Waals surface area contributed by atoms with Crippen molar-refractivity contribution in [1.29, 1.82) is 0 Å².